The monoisotopic (exact) mass is 218 g/mol. The number of carbonyl (C=O) groups excluding carboxylic acids is 1. The molecule has 0 N–H and O–H groups in total. The lowest BCUT2D eigenvalue weighted by Crippen LogP contribution is -2.16. The van der Waals surface area contributed by atoms with Crippen molar-refractivity contribution >= 4 is 5.97 Å². The predicted octanol–water partition coefficient (Wildman–Crippen LogP) is 2.08. The van der Waals surface area contributed by atoms with E-state index in [2.05, 4.69) is 0 Å². The summed E-state index contributed by atoms with van der Waals surface area (Å²) < 4.78 is 10.4. The fourth-order valence-corrected chi connectivity index (χ4v) is 1.52. The van der Waals surface area contributed by atoms with E-state index in [0.717, 1.165) is 12.0 Å². The lowest BCUT2D eigenvalue weighted by Gasteiger charge is -2.12. The number of esters is 1. The number of benzene rings is 1. The molecule has 0 atom stereocenters. The topological polar surface area (TPSA) is 35.5 Å². The molecule has 1 heterocycles. The van der Waals surface area contributed by atoms with Gasteiger partial charge in [0.05, 0.1) is 18.8 Å². The lowest BCUT2D eigenvalue weighted by atomic mass is 10.2. The van der Waals surface area contributed by atoms with E-state index >= 15 is 0 Å². The normalized spacial score (nSPS) is 15.4. The molecule has 0 aliphatic carbocycles. The molecule has 0 amide bonds. The molecule has 16 heavy (non-hydrogen) atoms. The van der Waals surface area contributed by atoms with Crippen LogP contribution in [-0.4, -0.2) is 19.2 Å². The van der Waals surface area contributed by atoms with Crippen LogP contribution in [0.5, 0.6) is 0 Å². The van der Waals surface area contributed by atoms with Gasteiger partial charge in [-0.15, -0.1) is 0 Å². The molecule has 0 aromatic heterocycles. The Bertz CT molecular complexity index is 381. The van der Waals surface area contributed by atoms with Crippen molar-refractivity contribution in [3.8, 4) is 0 Å². The molecule has 84 valence electrons. The first-order valence-electron chi connectivity index (χ1n) is 5.34. The molecule has 0 bridgehead atoms. The molecule has 0 spiro atoms. The third-order valence-electron chi connectivity index (χ3n) is 2.39. The van der Waals surface area contributed by atoms with E-state index < -0.39 is 0 Å². The molecule has 2 rings (SSSR count). The van der Waals surface area contributed by atoms with E-state index in [4.69, 9.17) is 9.47 Å². The summed E-state index contributed by atoms with van der Waals surface area (Å²) in [7, 11) is 0. The predicted molar refractivity (Wildman–Crippen MR) is 59.8 cm³/mol. The lowest BCUT2D eigenvalue weighted by molar-refractivity contribution is -0.141. The molecule has 0 radical (unpaired) electrons. The molecule has 1 aliphatic rings. The van der Waals surface area contributed by atoms with Gasteiger partial charge in [0.1, 0.15) is 6.61 Å². The Morgan fingerprint density at radius 1 is 1.31 bits per heavy atom. The van der Waals surface area contributed by atoms with Crippen molar-refractivity contribution in [3.05, 3.63) is 47.5 Å². The van der Waals surface area contributed by atoms with Crippen LogP contribution in [0.4, 0.5) is 0 Å². The minimum Gasteiger partial charge on any atom is -0.457 e. The quantitative estimate of drug-likeness (QED) is 0.729. The summed E-state index contributed by atoms with van der Waals surface area (Å²) in [5, 5.41) is 0. The molecule has 1 aromatic rings. The number of carbonyl (C=O) groups is 1. The molecule has 3 nitrogen and oxygen atoms in total. The van der Waals surface area contributed by atoms with E-state index in [-0.39, 0.29) is 5.97 Å². The second kappa shape index (κ2) is 5.47. The van der Waals surface area contributed by atoms with Crippen LogP contribution in [0.15, 0.2) is 42.0 Å². The van der Waals surface area contributed by atoms with Gasteiger partial charge in [0.15, 0.2) is 0 Å². The number of rotatable bonds is 3. The van der Waals surface area contributed by atoms with Gasteiger partial charge in [-0.1, -0.05) is 36.4 Å². The molecule has 1 aliphatic heterocycles. The zero-order valence-electron chi connectivity index (χ0n) is 9.02. The molecule has 0 saturated heterocycles. The van der Waals surface area contributed by atoms with Crippen molar-refractivity contribution in [1.29, 1.82) is 0 Å². The zero-order chi connectivity index (χ0) is 11.2. The highest BCUT2D eigenvalue weighted by molar-refractivity contribution is 5.88. The van der Waals surface area contributed by atoms with Crippen LogP contribution in [0.25, 0.3) is 0 Å². The SMILES string of the molecule is O=C(OCc1ccccc1)C1=CCCOC1. The van der Waals surface area contributed by atoms with Crippen LogP contribution in [0.1, 0.15) is 12.0 Å². The first-order valence-corrected chi connectivity index (χ1v) is 5.34. The van der Waals surface area contributed by atoms with Crippen LogP contribution in [0.3, 0.4) is 0 Å². The van der Waals surface area contributed by atoms with E-state index in [1.165, 1.54) is 0 Å². The average Bonchev–Trinajstić information content (AvgIpc) is 2.38. The van der Waals surface area contributed by atoms with Crippen molar-refractivity contribution in [2.45, 2.75) is 13.0 Å². The summed E-state index contributed by atoms with van der Waals surface area (Å²) in [6.07, 6.45) is 2.67. The summed E-state index contributed by atoms with van der Waals surface area (Å²) >= 11 is 0. The minimum absolute atomic E-state index is 0.274. The molecular weight excluding hydrogens is 204 g/mol. The zero-order valence-corrected chi connectivity index (χ0v) is 9.02. The largest absolute Gasteiger partial charge is 0.457 e. The Labute approximate surface area is 94.7 Å². The molecule has 0 fully saturated rings. The second-order valence-corrected chi connectivity index (χ2v) is 3.63. The molecule has 0 unspecified atom stereocenters. The second-order valence-electron chi connectivity index (χ2n) is 3.63. The van der Waals surface area contributed by atoms with E-state index in [0.29, 0.717) is 25.4 Å². The van der Waals surface area contributed by atoms with Crippen molar-refractivity contribution in [2.24, 2.45) is 0 Å². The number of hydrogen-bond donors (Lipinski definition) is 0. The Morgan fingerprint density at radius 2 is 2.12 bits per heavy atom. The summed E-state index contributed by atoms with van der Waals surface area (Å²) in [5.41, 5.74) is 1.62. The maximum Gasteiger partial charge on any atom is 0.336 e. The Kier molecular flexibility index (Phi) is 3.72. The molecular formula is C13H14O3. The summed E-state index contributed by atoms with van der Waals surface area (Å²) in [6, 6.07) is 9.64. The maximum absolute atomic E-state index is 11.6. The Morgan fingerprint density at radius 3 is 2.81 bits per heavy atom. The van der Waals surface area contributed by atoms with Crippen LogP contribution >= 0.6 is 0 Å². The van der Waals surface area contributed by atoms with E-state index in [1.807, 2.05) is 36.4 Å². The molecule has 0 saturated carbocycles. The summed E-state index contributed by atoms with van der Waals surface area (Å²) in [4.78, 5) is 11.6. The van der Waals surface area contributed by atoms with E-state index in [1.54, 1.807) is 0 Å². The van der Waals surface area contributed by atoms with Gasteiger partial charge < -0.3 is 9.47 Å². The molecule has 3 heteroatoms. The third-order valence-corrected chi connectivity index (χ3v) is 2.39. The van der Waals surface area contributed by atoms with Gasteiger partial charge in [0, 0.05) is 0 Å². The van der Waals surface area contributed by atoms with Gasteiger partial charge in [-0.05, 0) is 12.0 Å². The van der Waals surface area contributed by atoms with Gasteiger partial charge in [-0.3, -0.25) is 0 Å². The van der Waals surface area contributed by atoms with Gasteiger partial charge >= 0.3 is 5.97 Å². The highest BCUT2D eigenvalue weighted by Crippen LogP contribution is 2.09. The first-order chi connectivity index (χ1) is 7.86. The highest BCUT2D eigenvalue weighted by Gasteiger charge is 2.13. The summed E-state index contributed by atoms with van der Waals surface area (Å²) in [6.45, 7) is 1.38. The van der Waals surface area contributed by atoms with Crippen LogP contribution in [-0.2, 0) is 20.9 Å². The van der Waals surface area contributed by atoms with E-state index in [9.17, 15) is 4.79 Å². The van der Waals surface area contributed by atoms with Crippen LogP contribution in [0, 0.1) is 0 Å². The van der Waals surface area contributed by atoms with Crippen LogP contribution in [0.2, 0.25) is 0 Å². The average molecular weight is 218 g/mol. The standard InChI is InChI=1S/C13H14O3/c14-13(12-7-4-8-15-10-12)16-9-11-5-2-1-3-6-11/h1-3,5-7H,4,8-10H2. The van der Waals surface area contributed by atoms with Gasteiger partial charge in [-0.25, -0.2) is 4.79 Å². The maximum atomic E-state index is 11.6. The highest BCUT2D eigenvalue weighted by atomic mass is 16.5. The Hall–Kier alpha value is -1.61. The van der Waals surface area contributed by atoms with Crippen molar-refractivity contribution in [3.63, 3.8) is 0 Å². The number of hydrogen-bond acceptors (Lipinski definition) is 3. The van der Waals surface area contributed by atoms with Crippen molar-refractivity contribution in [1.82, 2.24) is 0 Å². The molecule has 1 aromatic carbocycles. The van der Waals surface area contributed by atoms with Gasteiger partial charge in [0.25, 0.3) is 0 Å². The summed E-state index contributed by atoms with van der Waals surface area (Å²) in [5.74, 6) is -0.274. The van der Waals surface area contributed by atoms with Gasteiger partial charge in [0.2, 0.25) is 0 Å². The van der Waals surface area contributed by atoms with Gasteiger partial charge in [-0.2, -0.15) is 0 Å². The fraction of sp³-hybridized carbons (Fsp3) is 0.308. The number of ether oxygens (including phenoxy) is 2. The smallest absolute Gasteiger partial charge is 0.336 e. The van der Waals surface area contributed by atoms with Crippen LogP contribution < -0.4 is 0 Å². The minimum atomic E-state index is -0.274. The third kappa shape index (κ3) is 2.94. The fourth-order valence-electron chi connectivity index (χ4n) is 1.52. The van der Waals surface area contributed by atoms with Crippen molar-refractivity contribution < 1.29 is 14.3 Å². The first kappa shape index (κ1) is 10.9. The van der Waals surface area contributed by atoms with Crippen molar-refractivity contribution in [2.75, 3.05) is 13.2 Å². The Balaban J connectivity index is 1.86.